The largest absolute Gasteiger partial charge is 0.415 e. The third-order valence-corrected chi connectivity index (χ3v) is 11.6. The molecule has 2 aliphatic heterocycles. The molecule has 0 fully saturated rings. The Morgan fingerprint density at radius 1 is 0.823 bits per heavy atom. The molecule has 0 bridgehead atoms. The minimum Gasteiger partial charge on any atom is -0.415 e. The maximum absolute atomic E-state index is 14.2. The number of halogens is 5. The first-order valence-corrected chi connectivity index (χ1v) is 19.8. The van der Waals surface area contributed by atoms with Crippen LogP contribution >= 0.6 is 11.3 Å². The number of anilines is 3. The molecule has 2 aliphatic rings. The number of nitrogens with two attached hydrogens (primary N) is 1. The molecular formula is C44H31F5N8O4S. The number of hydrogen-bond donors (Lipinski definition) is 2. The minimum absolute atomic E-state index is 0.0635. The van der Waals surface area contributed by atoms with Crippen molar-refractivity contribution in [1.82, 2.24) is 9.97 Å². The van der Waals surface area contributed by atoms with E-state index in [0.29, 0.717) is 74.7 Å². The molecule has 0 saturated heterocycles. The van der Waals surface area contributed by atoms with Crippen molar-refractivity contribution in [3.8, 4) is 5.75 Å². The Labute approximate surface area is 352 Å². The number of carbonyl (C=O) groups excluding carboxylic acids is 3. The van der Waals surface area contributed by atoms with Gasteiger partial charge in [-0.1, -0.05) is 23.5 Å². The van der Waals surface area contributed by atoms with Gasteiger partial charge in [-0.25, -0.2) is 22.9 Å². The molecule has 0 radical (unpaired) electrons. The van der Waals surface area contributed by atoms with Crippen molar-refractivity contribution in [2.75, 3.05) is 41.9 Å². The quantitative estimate of drug-likeness (QED) is 0.0294. The number of amides is 2. The molecule has 0 atom stereocenters. The van der Waals surface area contributed by atoms with E-state index < -0.39 is 46.7 Å². The van der Waals surface area contributed by atoms with Gasteiger partial charge in [0.25, 0.3) is 11.8 Å². The van der Waals surface area contributed by atoms with Gasteiger partial charge >= 0.3 is 5.97 Å². The maximum atomic E-state index is 14.2. The normalized spacial score (nSPS) is 13.7. The highest BCUT2D eigenvalue weighted by atomic mass is 32.1. The number of azo groups is 1. The SMILES string of the molecule is CN(C)c1ccc(/N=N/c2nc3ccc(C(=O)N4CCc5c(/C=C(\N)C(=O)N6CCc7c6ccc6[nH]c(C(=O)Oc8c(F)c(F)c(F)c(F)c8F)cc76)cccc54)cc3s2)cc1. The summed E-state index contributed by atoms with van der Waals surface area (Å²) in [6.45, 7) is 0.634. The molecule has 9 rings (SSSR count). The number of aromatic amines is 1. The van der Waals surface area contributed by atoms with E-state index >= 15 is 0 Å². The number of hydrogen-bond acceptors (Lipinski definition) is 10. The molecule has 4 heterocycles. The van der Waals surface area contributed by atoms with E-state index in [1.807, 2.05) is 55.4 Å². The van der Waals surface area contributed by atoms with E-state index in [2.05, 4.69) is 24.9 Å². The topological polar surface area (TPSA) is 150 Å². The summed E-state index contributed by atoms with van der Waals surface area (Å²) in [4.78, 5) is 53.0. The number of carbonyl (C=O) groups is 3. The number of thiazole rings is 1. The molecule has 2 amide bonds. The van der Waals surface area contributed by atoms with Crippen LogP contribution in [0.5, 0.6) is 5.75 Å². The van der Waals surface area contributed by atoms with Gasteiger partial charge in [-0.2, -0.15) is 8.78 Å². The van der Waals surface area contributed by atoms with Gasteiger partial charge < -0.3 is 30.2 Å². The Hall–Kier alpha value is -7.47. The number of fused-ring (bicyclic) bond motifs is 5. The molecule has 0 saturated carbocycles. The second kappa shape index (κ2) is 15.5. The Bertz CT molecular complexity index is 3060. The van der Waals surface area contributed by atoms with E-state index in [4.69, 9.17) is 5.73 Å². The predicted molar refractivity (Wildman–Crippen MR) is 224 cm³/mol. The van der Waals surface area contributed by atoms with Crippen LogP contribution in [0, 0.1) is 29.1 Å². The second-order valence-corrected chi connectivity index (χ2v) is 15.7. The second-order valence-electron chi connectivity index (χ2n) is 14.6. The van der Waals surface area contributed by atoms with Gasteiger partial charge in [-0.05, 0) is 102 Å². The molecule has 0 aliphatic carbocycles. The fraction of sp³-hybridized carbons (Fsp3) is 0.136. The Kier molecular flexibility index (Phi) is 10.0. The maximum Gasteiger partial charge on any atom is 0.360 e. The third kappa shape index (κ3) is 6.96. The van der Waals surface area contributed by atoms with E-state index in [0.717, 1.165) is 16.0 Å². The Morgan fingerprint density at radius 3 is 2.26 bits per heavy atom. The summed E-state index contributed by atoms with van der Waals surface area (Å²) < 4.78 is 74.7. The van der Waals surface area contributed by atoms with Gasteiger partial charge in [0, 0.05) is 60.7 Å². The molecule has 18 heteroatoms. The first kappa shape index (κ1) is 40.0. The lowest BCUT2D eigenvalue weighted by Crippen LogP contribution is -2.33. The summed E-state index contributed by atoms with van der Waals surface area (Å²) in [5, 5.41) is 9.55. The van der Waals surface area contributed by atoms with Crippen LogP contribution in [0.4, 0.5) is 49.8 Å². The van der Waals surface area contributed by atoms with E-state index in [9.17, 15) is 36.3 Å². The first-order valence-electron chi connectivity index (χ1n) is 19.0. The summed E-state index contributed by atoms with van der Waals surface area (Å²) >= 11 is 1.33. The number of nitrogens with one attached hydrogen (secondary N) is 1. The van der Waals surface area contributed by atoms with Crippen molar-refractivity contribution < 1.29 is 41.1 Å². The molecule has 312 valence electrons. The molecule has 62 heavy (non-hydrogen) atoms. The molecular weight excluding hydrogens is 832 g/mol. The van der Waals surface area contributed by atoms with Crippen molar-refractivity contribution in [3.05, 3.63) is 142 Å². The van der Waals surface area contributed by atoms with Gasteiger partial charge in [0.15, 0.2) is 0 Å². The van der Waals surface area contributed by atoms with Crippen LogP contribution in [0.15, 0.2) is 94.8 Å². The zero-order chi connectivity index (χ0) is 43.6. The summed E-state index contributed by atoms with van der Waals surface area (Å²) in [6.07, 6.45) is 2.44. The van der Waals surface area contributed by atoms with E-state index in [1.165, 1.54) is 22.3 Å². The van der Waals surface area contributed by atoms with Crippen LogP contribution in [-0.2, 0) is 17.6 Å². The van der Waals surface area contributed by atoms with Crippen LogP contribution in [0.1, 0.15) is 37.5 Å². The van der Waals surface area contributed by atoms with Crippen LogP contribution < -0.4 is 25.2 Å². The molecule has 7 aromatic rings. The Morgan fingerprint density at radius 2 is 1.52 bits per heavy atom. The average molecular weight is 863 g/mol. The lowest BCUT2D eigenvalue weighted by molar-refractivity contribution is -0.115. The van der Waals surface area contributed by atoms with Crippen molar-refractivity contribution in [1.29, 1.82) is 0 Å². The summed E-state index contributed by atoms with van der Waals surface area (Å²) in [5.74, 6) is -15.3. The molecule has 12 nitrogen and oxygen atoms in total. The minimum atomic E-state index is -2.39. The highest BCUT2D eigenvalue weighted by Crippen LogP contribution is 2.38. The van der Waals surface area contributed by atoms with Crippen LogP contribution in [0.2, 0.25) is 0 Å². The predicted octanol–water partition coefficient (Wildman–Crippen LogP) is 9.27. The number of rotatable bonds is 8. The zero-order valence-electron chi connectivity index (χ0n) is 32.6. The first-order chi connectivity index (χ1) is 29.8. The molecule has 5 aromatic carbocycles. The lowest BCUT2D eigenvalue weighted by atomic mass is 10.0. The summed E-state index contributed by atoms with van der Waals surface area (Å²) in [5.41, 5.74) is 12.7. The molecule has 0 unspecified atom stereocenters. The third-order valence-electron chi connectivity index (χ3n) is 10.7. The van der Waals surface area contributed by atoms with Crippen molar-refractivity contribution in [2.24, 2.45) is 16.0 Å². The fourth-order valence-electron chi connectivity index (χ4n) is 7.61. The number of esters is 1. The van der Waals surface area contributed by atoms with Gasteiger partial charge in [-0.3, -0.25) is 9.59 Å². The van der Waals surface area contributed by atoms with Crippen LogP contribution in [0.25, 0.3) is 27.2 Å². The molecule has 3 N–H and O–H groups in total. The number of ether oxygens (including phenoxy) is 1. The van der Waals surface area contributed by atoms with Gasteiger partial charge in [0.2, 0.25) is 40.0 Å². The zero-order valence-corrected chi connectivity index (χ0v) is 33.4. The van der Waals surface area contributed by atoms with Gasteiger partial charge in [-0.15, -0.1) is 10.2 Å². The fourth-order valence-corrected chi connectivity index (χ4v) is 8.44. The monoisotopic (exact) mass is 862 g/mol. The highest BCUT2D eigenvalue weighted by Gasteiger charge is 2.32. The summed E-state index contributed by atoms with van der Waals surface area (Å²) in [6, 6.07) is 22.9. The average Bonchev–Trinajstić information content (AvgIpc) is 4.09. The van der Waals surface area contributed by atoms with Crippen molar-refractivity contribution in [3.63, 3.8) is 0 Å². The standard InChI is InChI=1S/C44H31F5N8O4S/c1-55(2)24-9-7-23(8-10-24)53-54-44-52-30-11-6-22(19-34(30)62-44)41(58)56-16-14-25-21(4-3-5-32(25)56)18-28(50)42(59)57-17-15-26-27-20-31(51-29(27)12-13-33(26)57)43(60)61-40-38(48)36(46)35(45)37(47)39(40)49/h3-13,18-20,51H,14-17,50H2,1-2H3/b28-18-,54-53+. The number of nitrogens with zero attached hydrogens (tertiary/aromatic N) is 6. The lowest BCUT2D eigenvalue weighted by Gasteiger charge is -2.19. The van der Waals surface area contributed by atoms with Crippen LogP contribution in [-0.4, -0.2) is 54.9 Å². The smallest absolute Gasteiger partial charge is 0.360 e. The number of aromatic nitrogens is 2. The Balaban J connectivity index is 0.905. The van der Waals surface area contributed by atoms with Crippen molar-refractivity contribution >= 4 is 84.2 Å². The van der Waals surface area contributed by atoms with E-state index in [1.54, 1.807) is 47.4 Å². The van der Waals surface area contributed by atoms with E-state index in [-0.39, 0.29) is 23.8 Å². The number of benzene rings is 5. The summed E-state index contributed by atoms with van der Waals surface area (Å²) in [7, 11) is 3.92. The van der Waals surface area contributed by atoms with Crippen LogP contribution in [0.3, 0.4) is 0 Å². The molecule has 2 aromatic heterocycles. The molecule has 0 spiro atoms. The highest BCUT2D eigenvalue weighted by molar-refractivity contribution is 7.21. The van der Waals surface area contributed by atoms with Gasteiger partial charge in [0.05, 0.1) is 21.6 Å². The number of H-pyrrole nitrogens is 1. The van der Waals surface area contributed by atoms with Gasteiger partial charge in [0.1, 0.15) is 5.69 Å². The van der Waals surface area contributed by atoms with Crippen molar-refractivity contribution in [2.45, 2.75) is 12.8 Å².